The summed E-state index contributed by atoms with van der Waals surface area (Å²) >= 11 is 3.40. The Morgan fingerprint density at radius 1 is 1.24 bits per heavy atom. The molecule has 2 aliphatic rings. The molecule has 112 valence electrons. The maximum atomic E-state index is 12.0. The molecule has 0 aromatic heterocycles. The number of halogens is 1. The molecule has 1 aromatic carbocycles. The van der Waals surface area contributed by atoms with Crippen molar-refractivity contribution in [3.63, 3.8) is 0 Å². The van der Waals surface area contributed by atoms with E-state index >= 15 is 0 Å². The number of carboxylic acid groups (broad SMARTS) is 1. The number of benzene rings is 1. The molecule has 1 amide bonds. The lowest BCUT2D eigenvalue weighted by atomic mass is 10.1. The SMILES string of the molecule is O=C(Cc1cc2c(cc1Br)OCCO2)NC1(C(=O)O)CC1. The minimum absolute atomic E-state index is 0.0895. The standard InChI is InChI=1S/C14H14BrNO5/c15-9-7-11-10(20-3-4-21-11)5-8(9)6-12(17)16-14(1-2-14)13(18)19/h5,7H,1-4,6H2,(H,16,17)(H,18,19). The second-order valence-electron chi connectivity index (χ2n) is 5.20. The highest BCUT2D eigenvalue weighted by molar-refractivity contribution is 9.10. The van der Waals surface area contributed by atoms with Gasteiger partial charge < -0.3 is 19.9 Å². The predicted octanol–water partition coefficient (Wildman–Crippen LogP) is 1.50. The van der Waals surface area contributed by atoms with Gasteiger partial charge in [-0.15, -0.1) is 0 Å². The van der Waals surface area contributed by atoms with Crippen LogP contribution in [0.2, 0.25) is 0 Å². The van der Waals surface area contributed by atoms with E-state index in [9.17, 15) is 9.59 Å². The number of hydrogen-bond acceptors (Lipinski definition) is 4. The maximum Gasteiger partial charge on any atom is 0.329 e. The Kier molecular flexibility index (Phi) is 3.52. The van der Waals surface area contributed by atoms with Crippen LogP contribution in [0.1, 0.15) is 18.4 Å². The Hall–Kier alpha value is -1.76. The van der Waals surface area contributed by atoms with Gasteiger partial charge in [-0.1, -0.05) is 15.9 Å². The van der Waals surface area contributed by atoms with Crippen LogP contribution in [0.4, 0.5) is 0 Å². The number of carbonyl (C=O) groups is 2. The third kappa shape index (κ3) is 2.83. The molecule has 0 saturated heterocycles. The average Bonchev–Trinajstić information content (AvgIpc) is 3.20. The molecule has 0 atom stereocenters. The summed E-state index contributed by atoms with van der Waals surface area (Å²) in [5, 5.41) is 11.7. The summed E-state index contributed by atoms with van der Waals surface area (Å²) in [6.45, 7) is 0.975. The monoisotopic (exact) mass is 355 g/mol. The van der Waals surface area contributed by atoms with Crippen molar-refractivity contribution in [2.24, 2.45) is 0 Å². The minimum Gasteiger partial charge on any atom is -0.486 e. The van der Waals surface area contributed by atoms with Gasteiger partial charge in [-0.25, -0.2) is 4.79 Å². The summed E-state index contributed by atoms with van der Waals surface area (Å²) in [4.78, 5) is 23.1. The molecule has 1 aliphatic carbocycles. The lowest BCUT2D eigenvalue weighted by Crippen LogP contribution is -2.43. The normalized spacial score (nSPS) is 18.0. The molecular formula is C14H14BrNO5. The van der Waals surface area contributed by atoms with Crippen molar-refractivity contribution in [1.29, 1.82) is 0 Å². The first-order valence-corrected chi connectivity index (χ1v) is 7.42. The van der Waals surface area contributed by atoms with Crippen molar-refractivity contribution >= 4 is 27.8 Å². The zero-order chi connectivity index (χ0) is 15.0. The van der Waals surface area contributed by atoms with Crippen LogP contribution in [-0.4, -0.2) is 35.7 Å². The van der Waals surface area contributed by atoms with Crippen molar-refractivity contribution < 1.29 is 24.2 Å². The lowest BCUT2D eigenvalue weighted by Gasteiger charge is -2.20. The number of carbonyl (C=O) groups excluding carboxylic acids is 1. The van der Waals surface area contributed by atoms with Crippen LogP contribution in [0.15, 0.2) is 16.6 Å². The van der Waals surface area contributed by atoms with E-state index in [0.717, 1.165) is 10.0 Å². The average molecular weight is 356 g/mol. The zero-order valence-corrected chi connectivity index (χ0v) is 12.7. The number of rotatable bonds is 4. The summed E-state index contributed by atoms with van der Waals surface area (Å²) in [5.41, 5.74) is -0.324. The fourth-order valence-corrected chi connectivity index (χ4v) is 2.71. The van der Waals surface area contributed by atoms with Crippen molar-refractivity contribution in [2.75, 3.05) is 13.2 Å². The number of hydrogen-bond donors (Lipinski definition) is 2. The Bertz CT molecular complexity index is 612. The largest absolute Gasteiger partial charge is 0.486 e. The molecule has 0 radical (unpaired) electrons. The molecule has 0 bridgehead atoms. The highest BCUT2D eigenvalue weighted by Gasteiger charge is 2.51. The van der Waals surface area contributed by atoms with Gasteiger partial charge in [0, 0.05) is 4.47 Å². The van der Waals surface area contributed by atoms with Crippen LogP contribution >= 0.6 is 15.9 Å². The van der Waals surface area contributed by atoms with Crippen LogP contribution in [-0.2, 0) is 16.0 Å². The van der Waals surface area contributed by atoms with Crippen LogP contribution < -0.4 is 14.8 Å². The molecule has 1 saturated carbocycles. The van der Waals surface area contributed by atoms with Crippen LogP contribution in [0.5, 0.6) is 11.5 Å². The van der Waals surface area contributed by atoms with E-state index in [4.69, 9.17) is 14.6 Å². The molecule has 0 unspecified atom stereocenters. The number of ether oxygens (including phenoxy) is 2. The predicted molar refractivity (Wildman–Crippen MR) is 76.6 cm³/mol. The van der Waals surface area contributed by atoms with E-state index in [1.54, 1.807) is 12.1 Å². The van der Waals surface area contributed by atoms with E-state index in [-0.39, 0.29) is 12.3 Å². The number of nitrogens with one attached hydrogen (secondary N) is 1. The third-order valence-corrected chi connectivity index (χ3v) is 4.34. The van der Waals surface area contributed by atoms with Gasteiger partial charge in [0.05, 0.1) is 6.42 Å². The molecule has 0 spiro atoms. The first kappa shape index (κ1) is 14.2. The minimum atomic E-state index is -1.06. The van der Waals surface area contributed by atoms with Gasteiger partial charge in [-0.2, -0.15) is 0 Å². The van der Waals surface area contributed by atoms with Crippen molar-refractivity contribution in [3.8, 4) is 11.5 Å². The molecule has 1 aromatic rings. The highest BCUT2D eigenvalue weighted by Crippen LogP contribution is 2.37. The van der Waals surface area contributed by atoms with E-state index in [0.29, 0.717) is 37.6 Å². The van der Waals surface area contributed by atoms with Crippen LogP contribution in [0, 0.1) is 0 Å². The van der Waals surface area contributed by atoms with Crippen LogP contribution in [0.25, 0.3) is 0 Å². The number of fused-ring (bicyclic) bond motifs is 1. The molecule has 6 nitrogen and oxygen atoms in total. The van der Waals surface area contributed by atoms with E-state index in [1.807, 2.05) is 0 Å². The Morgan fingerprint density at radius 3 is 2.43 bits per heavy atom. The Balaban J connectivity index is 1.73. The van der Waals surface area contributed by atoms with E-state index < -0.39 is 11.5 Å². The van der Waals surface area contributed by atoms with Gasteiger partial charge in [0.25, 0.3) is 0 Å². The second kappa shape index (κ2) is 5.22. The van der Waals surface area contributed by atoms with Gasteiger partial charge in [0.1, 0.15) is 18.8 Å². The number of aliphatic carboxylic acids is 1. The number of carboxylic acids is 1. The number of amides is 1. The maximum absolute atomic E-state index is 12.0. The third-order valence-electron chi connectivity index (χ3n) is 3.60. The van der Waals surface area contributed by atoms with Crippen molar-refractivity contribution in [1.82, 2.24) is 5.32 Å². The molecule has 1 aliphatic heterocycles. The van der Waals surface area contributed by atoms with Crippen LogP contribution in [0.3, 0.4) is 0 Å². The molecule has 3 rings (SSSR count). The first-order chi connectivity index (χ1) is 10.00. The van der Waals surface area contributed by atoms with Gasteiger partial charge in [-0.05, 0) is 30.5 Å². The molecule has 1 fully saturated rings. The molecule has 2 N–H and O–H groups in total. The molecule has 21 heavy (non-hydrogen) atoms. The van der Waals surface area contributed by atoms with E-state index in [2.05, 4.69) is 21.2 Å². The topological polar surface area (TPSA) is 84.9 Å². The Labute approximate surface area is 129 Å². The molecular weight excluding hydrogens is 342 g/mol. The summed E-state index contributed by atoms with van der Waals surface area (Å²) in [7, 11) is 0. The summed E-state index contributed by atoms with van der Waals surface area (Å²) in [5.74, 6) is -0.0440. The van der Waals surface area contributed by atoms with Gasteiger partial charge in [-0.3, -0.25) is 4.79 Å². The Morgan fingerprint density at radius 2 is 1.86 bits per heavy atom. The fraction of sp³-hybridized carbons (Fsp3) is 0.429. The summed E-state index contributed by atoms with van der Waals surface area (Å²) in [6, 6.07) is 3.51. The molecule has 7 heteroatoms. The van der Waals surface area contributed by atoms with E-state index in [1.165, 1.54) is 0 Å². The highest BCUT2D eigenvalue weighted by atomic mass is 79.9. The van der Waals surface area contributed by atoms with Gasteiger partial charge >= 0.3 is 5.97 Å². The first-order valence-electron chi connectivity index (χ1n) is 6.63. The lowest BCUT2D eigenvalue weighted by molar-refractivity contribution is -0.143. The zero-order valence-electron chi connectivity index (χ0n) is 11.1. The summed E-state index contributed by atoms with van der Waals surface area (Å²) < 4.78 is 11.7. The van der Waals surface area contributed by atoms with Gasteiger partial charge in [0.2, 0.25) is 5.91 Å². The van der Waals surface area contributed by atoms with Gasteiger partial charge in [0.15, 0.2) is 11.5 Å². The second-order valence-corrected chi connectivity index (χ2v) is 6.05. The summed E-state index contributed by atoms with van der Waals surface area (Å²) in [6.07, 6.45) is 1.05. The fourth-order valence-electron chi connectivity index (χ4n) is 2.24. The van der Waals surface area contributed by atoms with Crippen molar-refractivity contribution in [3.05, 3.63) is 22.2 Å². The molecule has 1 heterocycles. The quantitative estimate of drug-likeness (QED) is 0.854. The smallest absolute Gasteiger partial charge is 0.329 e. The van der Waals surface area contributed by atoms with Crippen molar-refractivity contribution in [2.45, 2.75) is 24.8 Å².